The molecule has 0 fully saturated rings. The molecule has 0 unspecified atom stereocenters. The summed E-state index contributed by atoms with van der Waals surface area (Å²) >= 11 is 0. The zero-order valence-corrected chi connectivity index (χ0v) is 28.8. The second-order valence-corrected chi connectivity index (χ2v) is 5.09. The van der Waals surface area contributed by atoms with Crippen molar-refractivity contribution in [2.24, 2.45) is 0 Å². The van der Waals surface area contributed by atoms with Crippen LogP contribution in [0, 0.1) is 0 Å². The molecule has 0 heterocycles. The summed E-state index contributed by atoms with van der Waals surface area (Å²) in [6.07, 6.45) is 0. The van der Waals surface area contributed by atoms with Crippen molar-refractivity contribution in [1.82, 2.24) is 0 Å². The van der Waals surface area contributed by atoms with Gasteiger partial charge in [0.15, 0.2) is 0 Å². The molecule has 28 heteroatoms. The summed E-state index contributed by atoms with van der Waals surface area (Å²) in [5.41, 5.74) is 0. The van der Waals surface area contributed by atoms with Crippen molar-refractivity contribution in [3.63, 3.8) is 0 Å². The maximum Gasteiger partial charge on any atom is 1.00 e. The predicted octanol–water partition coefficient (Wildman–Crippen LogP) is -21.2. The molecule has 0 aromatic rings. The quantitative estimate of drug-likeness (QED) is 0.121. The van der Waals surface area contributed by atoms with Crippen molar-refractivity contribution in [1.29, 1.82) is 0 Å². The average Bonchev–Trinajstić information content (AvgIpc) is 2.08. The first-order valence-corrected chi connectivity index (χ1v) is 11.7. The fourth-order valence-electron chi connectivity index (χ4n) is 0. The summed E-state index contributed by atoms with van der Waals surface area (Å²) in [5, 5.41) is 0. The SMILES string of the molecule is O=[Si](O)O.O=[Si](O)O.O=[Si](O)O.O=[Si](O)O.O=[Si](O)O.O=[Si](O)O.[H-].[H-].[H-].[H-].[Na+].[Na+].[Na+].[Na+]. The van der Waals surface area contributed by atoms with E-state index < -0.39 is 55.0 Å². The summed E-state index contributed by atoms with van der Waals surface area (Å²) in [7, 11) is -18.8. The Balaban J connectivity index is -0.00000000964. The van der Waals surface area contributed by atoms with E-state index in [-0.39, 0.29) is 124 Å². The first-order chi connectivity index (χ1) is 10.4. The Morgan fingerprint density at radius 1 is 0.286 bits per heavy atom. The van der Waals surface area contributed by atoms with Crippen LogP contribution in [-0.4, -0.2) is 113 Å². The molecule has 0 spiro atoms. The van der Waals surface area contributed by atoms with Crippen LogP contribution in [0.1, 0.15) is 5.71 Å². The van der Waals surface area contributed by atoms with E-state index in [4.69, 9.17) is 84.3 Å². The predicted molar refractivity (Wildman–Crippen MR) is 69.7 cm³/mol. The topological polar surface area (TPSA) is 345 Å². The van der Waals surface area contributed by atoms with Crippen molar-refractivity contribution in [3.8, 4) is 0 Å². The number of rotatable bonds is 0. The minimum Gasteiger partial charge on any atom is -1.00 e. The Bertz CT molecular complexity index is 285. The molecule has 0 saturated heterocycles. The second kappa shape index (κ2) is 56.7. The van der Waals surface area contributed by atoms with Crippen LogP contribution in [0.2, 0.25) is 0 Å². The van der Waals surface area contributed by atoms with Gasteiger partial charge in [-0.15, -0.1) is 0 Å². The van der Waals surface area contributed by atoms with Crippen LogP contribution < -0.4 is 118 Å². The van der Waals surface area contributed by atoms with Crippen molar-refractivity contribution in [2.75, 3.05) is 0 Å². The van der Waals surface area contributed by atoms with Gasteiger partial charge in [0.1, 0.15) is 0 Å². The summed E-state index contributed by atoms with van der Waals surface area (Å²) in [5.74, 6) is 0. The van der Waals surface area contributed by atoms with Crippen molar-refractivity contribution in [3.05, 3.63) is 0 Å². The van der Waals surface area contributed by atoms with Gasteiger partial charge in [-0.2, -0.15) is 0 Å². The molecule has 0 bridgehead atoms. The first-order valence-electron chi connectivity index (χ1n) is 3.91. The molecule has 0 aliphatic heterocycles. The van der Waals surface area contributed by atoms with Gasteiger partial charge >= 0.3 is 173 Å². The Morgan fingerprint density at radius 3 is 0.286 bits per heavy atom. The zero-order valence-electron chi connectivity index (χ0n) is 18.8. The van der Waals surface area contributed by atoms with Crippen LogP contribution in [-0.2, 0) is 26.8 Å². The number of hydrogen-bond acceptors (Lipinski definition) is 6. The molecule has 0 amide bonds. The molecule has 28 heavy (non-hydrogen) atoms. The fourth-order valence-corrected chi connectivity index (χ4v) is 0. The van der Waals surface area contributed by atoms with E-state index >= 15 is 0 Å². The van der Waals surface area contributed by atoms with Gasteiger partial charge in [0.2, 0.25) is 0 Å². The van der Waals surface area contributed by atoms with E-state index in [0.29, 0.717) is 0 Å². The van der Waals surface area contributed by atoms with Crippen LogP contribution in [0.4, 0.5) is 0 Å². The van der Waals surface area contributed by atoms with E-state index in [1.165, 1.54) is 0 Å². The van der Waals surface area contributed by atoms with E-state index in [1.807, 2.05) is 0 Å². The van der Waals surface area contributed by atoms with Gasteiger partial charge in [-0.05, 0) is 0 Å². The summed E-state index contributed by atoms with van der Waals surface area (Å²) in [6.45, 7) is 0. The van der Waals surface area contributed by atoms with Crippen molar-refractivity contribution < 1.29 is 208 Å². The number of hydrogen-bond donors (Lipinski definition) is 12. The molecule has 0 radical (unpaired) electrons. The molecular formula is H16Na4O18Si6. The normalized spacial score (nSPS) is 5.14. The summed E-state index contributed by atoms with van der Waals surface area (Å²) in [6, 6.07) is 0. The maximum absolute atomic E-state index is 8.74. The van der Waals surface area contributed by atoms with Gasteiger partial charge in [-0.3, -0.25) is 26.8 Å². The largest absolute Gasteiger partial charge is 1.00 e. The third-order valence-electron chi connectivity index (χ3n) is 0. The van der Waals surface area contributed by atoms with E-state index in [0.717, 1.165) is 0 Å². The monoisotopic (exact) mass is 564 g/mol. The minimum absolute atomic E-state index is 0. The Hall–Kier alpha value is 1.70. The van der Waals surface area contributed by atoms with E-state index in [9.17, 15) is 0 Å². The van der Waals surface area contributed by atoms with Gasteiger partial charge in [-0.25, -0.2) is 0 Å². The fraction of sp³-hybridized carbons (Fsp3) is 0. The summed E-state index contributed by atoms with van der Waals surface area (Å²) < 4.78 is 52.4. The molecule has 0 atom stereocenters. The first kappa shape index (κ1) is 63.0. The molecule has 0 aliphatic rings. The molecule has 0 rings (SSSR count). The van der Waals surface area contributed by atoms with Crippen molar-refractivity contribution in [2.45, 2.75) is 0 Å². The molecule has 0 aromatic carbocycles. The average molecular weight is 565 g/mol. The van der Waals surface area contributed by atoms with Gasteiger partial charge in [0.05, 0.1) is 0 Å². The van der Waals surface area contributed by atoms with Crippen LogP contribution >= 0.6 is 0 Å². The molecule has 12 N–H and O–H groups in total. The summed E-state index contributed by atoms with van der Waals surface area (Å²) in [4.78, 5) is 85.9. The molecule has 152 valence electrons. The zero-order chi connectivity index (χ0) is 21.5. The van der Waals surface area contributed by atoms with E-state index in [2.05, 4.69) is 0 Å². The second-order valence-electron chi connectivity index (χ2n) is 1.70. The van der Waals surface area contributed by atoms with Crippen LogP contribution in [0.15, 0.2) is 0 Å². The van der Waals surface area contributed by atoms with Crippen LogP contribution in [0.3, 0.4) is 0 Å². The molecule has 0 aliphatic carbocycles. The van der Waals surface area contributed by atoms with Gasteiger partial charge in [0, 0.05) is 0 Å². The molecule has 0 saturated carbocycles. The van der Waals surface area contributed by atoms with Gasteiger partial charge < -0.3 is 63.3 Å². The van der Waals surface area contributed by atoms with Gasteiger partial charge in [0.25, 0.3) is 0 Å². The maximum atomic E-state index is 8.74. The van der Waals surface area contributed by atoms with Crippen molar-refractivity contribution >= 4 is 55.0 Å². The molecule has 18 nitrogen and oxygen atoms in total. The Labute approximate surface area is 259 Å². The smallest absolute Gasteiger partial charge is 1.00 e. The third-order valence-corrected chi connectivity index (χ3v) is 0. The third kappa shape index (κ3) is 6820. The minimum atomic E-state index is -3.13. The van der Waals surface area contributed by atoms with Crippen LogP contribution in [0.5, 0.6) is 0 Å². The Kier molecular flexibility index (Phi) is 128. The molecule has 0 aromatic heterocycles. The van der Waals surface area contributed by atoms with Crippen LogP contribution in [0.25, 0.3) is 0 Å². The van der Waals surface area contributed by atoms with E-state index in [1.54, 1.807) is 0 Å². The standard InChI is InChI=1S/4Na.6H2O3Si.4H/c;;;;6*1-4(2)3;;;;/h;;;;6*1-2H;;;;/q4*+1;;;;;;;4*-1. The van der Waals surface area contributed by atoms with Gasteiger partial charge in [-0.1, -0.05) is 0 Å². The Morgan fingerprint density at radius 2 is 0.286 bits per heavy atom. The molecular weight excluding hydrogens is 548 g/mol.